The highest BCUT2D eigenvalue weighted by Gasteiger charge is 2.03. The van der Waals surface area contributed by atoms with Crippen LogP contribution in [0.15, 0.2) is 91.1 Å². The first-order chi connectivity index (χ1) is 12.6. The van der Waals surface area contributed by atoms with Gasteiger partial charge in [0.1, 0.15) is 0 Å². The van der Waals surface area contributed by atoms with Crippen molar-refractivity contribution in [2.75, 3.05) is 5.32 Å². The summed E-state index contributed by atoms with van der Waals surface area (Å²) in [7, 11) is 0. The Morgan fingerprint density at radius 3 is 1.92 bits per heavy atom. The quantitative estimate of drug-likeness (QED) is 0.495. The van der Waals surface area contributed by atoms with Crippen LogP contribution in [0.3, 0.4) is 0 Å². The number of benzene rings is 3. The highest BCUT2D eigenvalue weighted by atomic mass is 16.4. The second-order valence-electron chi connectivity index (χ2n) is 5.67. The summed E-state index contributed by atoms with van der Waals surface area (Å²) in [6.45, 7) is 0. The Morgan fingerprint density at radius 1 is 0.731 bits per heavy atom. The predicted octanol–water partition coefficient (Wildman–Crippen LogP) is 4.86. The van der Waals surface area contributed by atoms with Crippen molar-refractivity contribution in [2.24, 2.45) is 0 Å². The van der Waals surface area contributed by atoms with E-state index in [0.717, 1.165) is 11.1 Å². The molecule has 3 aromatic rings. The number of carbonyl (C=O) groups is 2. The van der Waals surface area contributed by atoms with Gasteiger partial charge in [-0.3, -0.25) is 4.79 Å². The molecule has 0 radical (unpaired) electrons. The lowest BCUT2D eigenvalue weighted by Gasteiger charge is -2.03. The Hall–Kier alpha value is -3.66. The summed E-state index contributed by atoms with van der Waals surface area (Å²) in [5.74, 6) is -1.08. The normalized spacial score (nSPS) is 10.6. The zero-order valence-corrected chi connectivity index (χ0v) is 13.9. The van der Waals surface area contributed by atoms with Crippen molar-refractivity contribution in [1.82, 2.24) is 0 Å². The summed E-state index contributed by atoms with van der Waals surface area (Å²) in [6, 6.07) is 23.7. The summed E-state index contributed by atoms with van der Waals surface area (Å²) in [4.78, 5) is 23.0. The number of allylic oxidation sites excluding steroid dienone is 1. The maximum Gasteiger partial charge on any atom is 0.335 e. The first kappa shape index (κ1) is 17.2. The van der Waals surface area contributed by atoms with E-state index in [9.17, 15) is 9.59 Å². The molecule has 128 valence electrons. The predicted molar refractivity (Wildman–Crippen MR) is 102 cm³/mol. The monoisotopic (exact) mass is 343 g/mol. The average Bonchev–Trinajstić information content (AvgIpc) is 2.69. The average molecular weight is 343 g/mol. The van der Waals surface area contributed by atoms with Gasteiger partial charge >= 0.3 is 5.97 Å². The molecule has 0 atom stereocenters. The maximum atomic E-state index is 12.2. The van der Waals surface area contributed by atoms with E-state index in [1.54, 1.807) is 30.5 Å². The van der Waals surface area contributed by atoms with E-state index in [-0.39, 0.29) is 11.3 Å². The number of hydrogen-bond acceptors (Lipinski definition) is 3. The molecule has 0 aliphatic rings. The van der Waals surface area contributed by atoms with E-state index in [1.165, 1.54) is 18.2 Å². The zero-order valence-electron chi connectivity index (χ0n) is 13.9. The Morgan fingerprint density at radius 2 is 1.31 bits per heavy atom. The minimum absolute atomic E-state index is 0.112. The number of carboxylic acids is 1. The molecule has 0 aliphatic carbocycles. The fourth-order valence-electron chi connectivity index (χ4n) is 2.48. The number of nitrogens with one attached hydrogen (secondary N) is 1. The molecule has 0 unspecified atom stereocenters. The van der Waals surface area contributed by atoms with Gasteiger partial charge in [0.15, 0.2) is 5.78 Å². The van der Waals surface area contributed by atoms with Crippen LogP contribution in [0.5, 0.6) is 0 Å². The van der Waals surface area contributed by atoms with Crippen molar-refractivity contribution >= 4 is 17.4 Å². The number of carboxylic acid groups (broad SMARTS) is 1. The Labute approximate surface area is 151 Å². The molecule has 0 saturated carbocycles. The zero-order chi connectivity index (χ0) is 18.4. The van der Waals surface area contributed by atoms with Crippen LogP contribution in [0.4, 0.5) is 5.69 Å². The van der Waals surface area contributed by atoms with Crippen LogP contribution in [-0.4, -0.2) is 16.9 Å². The van der Waals surface area contributed by atoms with Gasteiger partial charge in [0.25, 0.3) is 0 Å². The number of carbonyl (C=O) groups excluding carboxylic acids is 1. The number of anilines is 1. The minimum atomic E-state index is -0.971. The topological polar surface area (TPSA) is 66.4 Å². The van der Waals surface area contributed by atoms with Gasteiger partial charge in [-0.1, -0.05) is 54.6 Å². The summed E-state index contributed by atoms with van der Waals surface area (Å²) >= 11 is 0. The van der Waals surface area contributed by atoms with Gasteiger partial charge in [0, 0.05) is 23.5 Å². The van der Waals surface area contributed by atoms with Crippen LogP contribution in [0, 0.1) is 0 Å². The molecule has 0 bridgehead atoms. The van der Waals surface area contributed by atoms with Crippen LogP contribution in [0.1, 0.15) is 20.7 Å². The number of hydrogen-bond donors (Lipinski definition) is 2. The lowest BCUT2D eigenvalue weighted by molar-refractivity contribution is 0.0696. The lowest BCUT2D eigenvalue weighted by atomic mass is 10.0. The molecule has 0 amide bonds. The van der Waals surface area contributed by atoms with E-state index in [1.807, 2.05) is 42.5 Å². The largest absolute Gasteiger partial charge is 0.478 e. The first-order valence-electron chi connectivity index (χ1n) is 8.10. The molecule has 0 spiro atoms. The van der Waals surface area contributed by atoms with Gasteiger partial charge in [-0.15, -0.1) is 0 Å². The molecule has 4 nitrogen and oxygen atoms in total. The van der Waals surface area contributed by atoms with Gasteiger partial charge in [0.2, 0.25) is 0 Å². The third-order valence-electron chi connectivity index (χ3n) is 3.89. The lowest BCUT2D eigenvalue weighted by Crippen LogP contribution is -1.98. The van der Waals surface area contributed by atoms with Gasteiger partial charge < -0.3 is 10.4 Å². The molecular weight excluding hydrogens is 326 g/mol. The summed E-state index contributed by atoms with van der Waals surface area (Å²) in [5.41, 5.74) is 3.69. The smallest absolute Gasteiger partial charge is 0.335 e. The fraction of sp³-hybridized carbons (Fsp3) is 0. The summed E-state index contributed by atoms with van der Waals surface area (Å²) < 4.78 is 0. The molecule has 0 aromatic heterocycles. The highest BCUT2D eigenvalue weighted by Crippen LogP contribution is 2.19. The van der Waals surface area contributed by atoms with Crippen LogP contribution >= 0.6 is 0 Å². The molecule has 0 aliphatic heterocycles. The minimum Gasteiger partial charge on any atom is -0.478 e. The number of ketones is 1. The molecule has 0 fully saturated rings. The van der Waals surface area contributed by atoms with Gasteiger partial charge in [-0.05, 0) is 35.4 Å². The van der Waals surface area contributed by atoms with Crippen LogP contribution < -0.4 is 5.32 Å². The fourth-order valence-corrected chi connectivity index (χ4v) is 2.48. The van der Waals surface area contributed by atoms with Crippen LogP contribution in [0.25, 0.3) is 11.1 Å². The molecule has 4 heteroatoms. The van der Waals surface area contributed by atoms with Crippen LogP contribution in [0.2, 0.25) is 0 Å². The Kier molecular flexibility index (Phi) is 5.25. The first-order valence-corrected chi connectivity index (χ1v) is 8.10. The third kappa shape index (κ3) is 4.24. The molecular formula is C22H17NO3. The van der Waals surface area contributed by atoms with E-state index in [0.29, 0.717) is 11.3 Å². The number of rotatable bonds is 6. The second-order valence-corrected chi connectivity index (χ2v) is 5.67. The van der Waals surface area contributed by atoms with Gasteiger partial charge in [-0.2, -0.15) is 0 Å². The van der Waals surface area contributed by atoms with Crippen molar-refractivity contribution < 1.29 is 14.7 Å². The van der Waals surface area contributed by atoms with Crippen molar-refractivity contribution in [3.8, 4) is 11.1 Å². The van der Waals surface area contributed by atoms with E-state index in [2.05, 4.69) is 5.32 Å². The van der Waals surface area contributed by atoms with E-state index in [4.69, 9.17) is 5.11 Å². The summed E-state index contributed by atoms with van der Waals surface area (Å²) in [5, 5.41) is 11.8. The molecule has 26 heavy (non-hydrogen) atoms. The standard InChI is InChI=1S/C22H17NO3/c24-21(14-15-23-20-12-10-19(11-13-20)22(25)26)18-8-6-17(7-9-18)16-4-2-1-3-5-16/h1-15,23H,(H,25,26)/b15-14-. The number of aromatic carboxylic acids is 1. The summed E-state index contributed by atoms with van der Waals surface area (Å²) in [6.07, 6.45) is 2.99. The molecule has 0 saturated heterocycles. The van der Waals surface area contributed by atoms with Crippen molar-refractivity contribution in [3.63, 3.8) is 0 Å². The molecule has 3 rings (SSSR count). The SMILES string of the molecule is O=C(O)c1ccc(N/C=C\C(=O)c2ccc(-c3ccccc3)cc2)cc1. The molecule has 3 aromatic carbocycles. The third-order valence-corrected chi connectivity index (χ3v) is 3.89. The van der Waals surface area contributed by atoms with Crippen molar-refractivity contribution in [3.05, 3.63) is 102 Å². The van der Waals surface area contributed by atoms with Crippen LogP contribution in [-0.2, 0) is 0 Å². The van der Waals surface area contributed by atoms with Crippen molar-refractivity contribution in [2.45, 2.75) is 0 Å². The van der Waals surface area contributed by atoms with Gasteiger partial charge in [0.05, 0.1) is 5.56 Å². The molecule has 2 N–H and O–H groups in total. The Balaban J connectivity index is 1.62. The Bertz CT molecular complexity index is 927. The van der Waals surface area contributed by atoms with E-state index < -0.39 is 5.97 Å². The van der Waals surface area contributed by atoms with E-state index >= 15 is 0 Å². The molecule has 0 heterocycles. The van der Waals surface area contributed by atoms with Crippen molar-refractivity contribution in [1.29, 1.82) is 0 Å². The second kappa shape index (κ2) is 7.94. The highest BCUT2D eigenvalue weighted by molar-refractivity contribution is 6.04. The maximum absolute atomic E-state index is 12.2. The van der Waals surface area contributed by atoms with Gasteiger partial charge in [-0.25, -0.2) is 4.79 Å².